The summed E-state index contributed by atoms with van der Waals surface area (Å²) in [6.45, 7) is 20.2. The van der Waals surface area contributed by atoms with Gasteiger partial charge in [-0.2, -0.15) is 0 Å². The Morgan fingerprint density at radius 2 is 0.633 bits per heavy atom. The number of aromatic nitrogens is 8. The number of nitrogens with zero attached hydrogens (tertiary/aromatic N) is 8. The van der Waals surface area contributed by atoms with Crippen LogP contribution < -0.4 is 0 Å². The van der Waals surface area contributed by atoms with Crippen molar-refractivity contribution < 1.29 is 52.3 Å². The van der Waals surface area contributed by atoms with Crippen molar-refractivity contribution in [1.82, 2.24) is 38.2 Å². The Kier molecular flexibility index (Phi) is 21.1. The van der Waals surface area contributed by atoms with E-state index in [0.717, 1.165) is 155 Å². The predicted octanol–water partition coefficient (Wildman–Crippen LogP) is 27.3. The second-order valence-electron chi connectivity index (χ2n) is 33.5. The summed E-state index contributed by atoms with van der Waals surface area (Å²) in [5.41, 5.74) is 28.4. The molecule has 0 spiro atoms. The number of pyridine rings is 2. The summed E-state index contributed by atoms with van der Waals surface area (Å²) in [5.74, 6) is 1.66. The monoisotopic (exact) mass is 1920 g/mol. The van der Waals surface area contributed by atoms with Gasteiger partial charge in [-0.3, -0.25) is 19.1 Å². The number of rotatable bonds is 12. The summed E-state index contributed by atoms with van der Waals surface area (Å²) in [4.78, 5) is 21.0. The molecule has 0 bridgehead atoms. The summed E-state index contributed by atoms with van der Waals surface area (Å²) in [6, 6.07) is 123. The number of benzene rings is 14. The maximum Gasteiger partial charge on any atom is 0.148 e. The number of hydrogen-bond donors (Lipinski definition) is 2. The molecule has 0 radical (unpaired) electrons. The van der Waals surface area contributed by atoms with Gasteiger partial charge in [0, 0.05) is 110 Å². The molecule has 0 aliphatic carbocycles. The van der Waals surface area contributed by atoms with Crippen molar-refractivity contribution in [3.05, 3.63) is 375 Å². The van der Waals surface area contributed by atoms with E-state index in [4.69, 9.17) is 19.9 Å². The standard InChI is InChI=1S/C56H47N4O.C52H39N4O.2Pt/c1-55(2,3)39-28-29-47(45(35-39)36-18-9-7-10-19-36)60-49-26-17-24-42(53(49)58-54(60)44-23-14-16-27-50(44)61)37-32-38(34-40(33-37)56(4,5)6)52-51-43-22-13-15-25-46(43)59(48(51)30-31-57-52)41-20-11-8-12-21-41;1-52(2,3)37-28-29-44(42(33-37)34-16-6-4-7-17-34)56-46-26-15-24-39(50(46)54-51(56)41-23-11-13-27-47(41)57)35-18-14-19-36(32-35)49-48-40-22-10-12-25-43(40)55(45(48)30-31-53-49)38-20-8-5-9-21-38;;/h7-31,33-35,61H,1-6H3;4-31,33,57H,1-3H3;;/q2*-1;;. The zero-order valence-electron chi connectivity index (χ0n) is 68.0. The molecular weight excluding hydrogens is 1830 g/mol. The molecule has 0 atom stereocenters. The van der Waals surface area contributed by atoms with Crippen molar-refractivity contribution in [3.63, 3.8) is 0 Å². The van der Waals surface area contributed by atoms with Crippen LogP contribution in [0.4, 0.5) is 0 Å². The van der Waals surface area contributed by atoms with Gasteiger partial charge in [0.25, 0.3) is 0 Å². The summed E-state index contributed by atoms with van der Waals surface area (Å²) in [6.07, 6.45) is 3.82. The Hall–Kier alpha value is -13.1. The van der Waals surface area contributed by atoms with Gasteiger partial charge in [-0.15, -0.1) is 59.2 Å². The third kappa shape index (κ3) is 14.4. The van der Waals surface area contributed by atoms with Crippen LogP contribution in [0, 0.1) is 12.1 Å². The number of hydrogen-bond acceptors (Lipinski definition) is 6. The minimum Gasteiger partial charge on any atom is -0.507 e. The molecule has 0 aliphatic rings. The maximum atomic E-state index is 11.4. The largest absolute Gasteiger partial charge is 0.507 e. The van der Waals surface area contributed by atoms with E-state index in [-0.39, 0.29) is 69.9 Å². The predicted molar refractivity (Wildman–Crippen MR) is 487 cm³/mol. The van der Waals surface area contributed by atoms with E-state index >= 15 is 0 Å². The van der Waals surface area contributed by atoms with Gasteiger partial charge in [-0.25, -0.2) is 9.97 Å². The van der Waals surface area contributed by atoms with Gasteiger partial charge in [0.05, 0.1) is 66.6 Å². The number of phenolic OH excluding ortho intramolecular Hbond substituents is 2. The van der Waals surface area contributed by atoms with Crippen LogP contribution in [0.2, 0.25) is 0 Å². The van der Waals surface area contributed by atoms with Gasteiger partial charge >= 0.3 is 0 Å². The topological polar surface area (TPSA) is 112 Å². The summed E-state index contributed by atoms with van der Waals surface area (Å²) < 4.78 is 9.06. The van der Waals surface area contributed by atoms with E-state index in [0.29, 0.717) is 22.8 Å². The fourth-order valence-electron chi connectivity index (χ4n) is 16.9. The minimum absolute atomic E-state index is 0. The van der Waals surface area contributed by atoms with E-state index in [1.165, 1.54) is 16.7 Å². The van der Waals surface area contributed by atoms with Crippen LogP contribution >= 0.6 is 0 Å². The van der Waals surface area contributed by atoms with Crippen LogP contribution in [0.5, 0.6) is 11.5 Å². The van der Waals surface area contributed by atoms with Crippen molar-refractivity contribution in [2.75, 3.05) is 0 Å². The van der Waals surface area contributed by atoms with Gasteiger partial charge in [0.1, 0.15) is 23.1 Å². The van der Waals surface area contributed by atoms with Gasteiger partial charge in [-0.1, -0.05) is 279 Å². The SMILES string of the molecule is CC(C)(C)c1cc(-c2cccc3c2nc(-c2ccccc2O)n3-c2ccc(C(C)(C)C)cc2-c2ccccc2)[c-]c(-c2nccc3c2c2ccccc2n3-c2ccccc2)c1.CC(C)(C)c1ccc(-n2c(-c3ccccc3O)nc3c(-c4[c-]c(-c5nccc6c5c5ccccc5n6-c5ccccc5)ccc4)cccc32)c(-c2ccccc2)c1.[Pt].[Pt]. The first-order chi connectivity index (χ1) is 57.3. The zero-order valence-corrected chi connectivity index (χ0v) is 72.6. The second-order valence-corrected chi connectivity index (χ2v) is 33.5. The van der Waals surface area contributed by atoms with Crippen LogP contribution in [0.3, 0.4) is 0 Å². The number of para-hydroxylation sites is 8. The Morgan fingerprint density at radius 1 is 0.275 bits per heavy atom. The van der Waals surface area contributed by atoms with Gasteiger partial charge in [0.2, 0.25) is 0 Å². The summed E-state index contributed by atoms with van der Waals surface area (Å²) in [5, 5.41) is 27.2. The van der Waals surface area contributed by atoms with Crippen LogP contribution in [0.25, 0.3) is 178 Å². The Balaban J connectivity index is 0.000000169. The number of aromatic hydroxyl groups is 2. The fourth-order valence-corrected chi connectivity index (χ4v) is 16.9. The molecule has 120 heavy (non-hydrogen) atoms. The van der Waals surface area contributed by atoms with E-state index < -0.39 is 0 Å². The quantitative estimate of drug-likeness (QED) is 0.118. The van der Waals surface area contributed by atoms with E-state index in [2.05, 4.69) is 366 Å². The number of fused-ring (bicyclic) bond motifs is 8. The zero-order chi connectivity index (χ0) is 80.7. The van der Waals surface area contributed by atoms with E-state index in [1.807, 2.05) is 60.9 Å². The average Bonchev–Trinajstić information content (AvgIpc) is 1.58. The maximum absolute atomic E-state index is 11.4. The molecule has 10 nitrogen and oxygen atoms in total. The normalized spacial score (nSPS) is 11.8. The average molecular weight is 1920 g/mol. The van der Waals surface area contributed by atoms with Gasteiger partial charge in [-0.05, 0) is 148 Å². The molecule has 2 N–H and O–H groups in total. The molecule has 20 aromatic rings. The van der Waals surface area contributed by atoms with E-state index in [1.54, 1.807) is 12.1 Å². The molecule has 6 aromatic heterocycles. The Morgan fingerprint density at radius 3 is 1.08 bits per heavy atom. The fraction of sp³-hybridized carbons (Fsp3) is 0.111. The van der Waals surface area contributed by atoms with Crippen molar-refractivity contribution in [1.29, 1.82) is 0 Å². The molecule has 6 heterocycles. The Labute approximate surface area is 728 Å². The van der Waals surface area contributed by atoms with Crippen LogP contribution in [-0.2, 0) is 58.4 Å². The van der Waals surface area contributed by atoms with Crippen LogP contribution in [0.1, 0.15) is 79.0 Å². The molecule has 0 unspecified atom stereocenters. The summed E-state index contributed by atoms with van der Waals surface area (Å²) >= 11 is 0. The third-order valence-electron chi connectivity index (χ3n) is 22.9. The molecule has 14 aromatic carbocycles. The minimum atomic E-state index is -0.182. The third-order valence-corrected chi connectivity index (χ3v) is 22.9. The first-order valence-corrected chi connectivity index (χ1v) is 40.3. The van der Waals surface area contributed by atoms with Crippen molar-refractivity contribution in [2.45, 2.75) is 78.6 Å². The molecule has 0 amide bonds. The number of imidazole rings is 2. The molecule has 0 fully saturated rings. The van der Waals surface area contributed by atoms with Crippen molar-refractivity contribution in [3.8, 4) is 124 Å². The number of phenols is 2. The smallest absolute Gasteiger partial charge is 0.148 e. The first-order valence-electron chi connectivity index (χ1n) is 40.3. The molecule has 0 aliphatic heterocycles. The van der Waals surface area contributed by atoms with Gasteiger partial charge in [0.15, 0.2) is 0 Å². The second kappa shape index (κ2) is 32.0. The Bertz CT molecular complexity index is 7270. The summed E-state index contributed by atoms with van der Waals surface area (Å²) in [7, 11) is 0. The van der Waals surface area contributed by atoms with Crippen LogP contribution in [-0.4, -0.2) is 48.4 Å². The van der Waals surface area contributed by atoms with Crippen molar-refractivity contribution in [2.24, 2.45) is 0 Å². The van der Waals surface area contributed by atoms with Gasteiger partial charge < -0.3 is 19.3 Å². The van der Waals surface area contributed by atoms with E-state index in [9.17, 15) is 10.2 Å². The van der Waals surface area contributed by atoms with Crippen molar-refractivity contribution >= 4 is 65.7 Å². The molecule has 592 valence electrons. The van der Waals surface area contributed by atoms with Crippen LogP contribution in [0.15, 0.2) is 346 Å². The molecule has 0 saturated carbocycles. The molecule has 20 rings (SSSR count). The molecular formula is C108H86N8O2Pt2-2. The first kappa shape index (κ1) is 79.4. The molecule has 0 saturated heterocycles. The molecule has 12 heteroatoms.